The largest absolute Gasteiger partial charge is 0.356 e. The molecule has 5 heteroatoms. The summed E-state index contributed by atoms with van der Waals surface area (Å²) in [5.41, 5.74) is 0.608. The van der Waals surface area contributed by atoms with Crippen LogP contribution in [0.2, 0.25) is 0 Å². The Morgan fingerprint density at radius 1 is 1.26 bits per heavy atom. The van der Waals surface area contributed by atoms with E-state index in [9.17, 15) is 0 Å². The highest BCUT2D eigenvalue weighted by Crippen LogP contribution is 2.25. The van der Waals surface area contributed by atoms with Crippen molar-refractivity contribution in [2.24, 2.45) is 0 Å². The molecule has 2 aromatic heterocycles. The smallest absolute Gasteiger partial charge is 0.128 e. The van der Waals surface area contributed by atoms with Crippen molar-refractivity contribution in [1.82, 2.24) is 14.5 Å². The van der Waals surface area contributed by atoms with Crippen LogP contribution in [-0.4, -0.2) is 27.6 Å². The number of rotatable bonds is 2. The van der Waals surface area contributed by atoms with Crippen LogP contribution >= 0.6 is 0 Å². The SMILES string of the molecule is N#Cc1ccc(N2CCC(n3ccnc3)CC2)nc1. The molecule has 0 saturated carbocycles. The van der Waals surface area contributed by atoms with Gasteiger partial charge in [0.15, 0.2) is 0 Å². The fourth-order valence-corrected chi connectivity index (χ4v) is 2.52. The Kier molecular flexibility index (Phi) is 3.15. The molecule has 96 valence electrons. The van der Waals surface area contributed by atoms with E-state index in [-0.39, 0.29) is 0 Å². The summed E-state index contributed by atoms with van der Waals surface area (Å²) in [6.45, 7) is 1.98. The minimum absolute atomic E-state index is 0.539. The van der Waals surface area contributed by atoms with Crippen LogP contribution in [0.15, 0.2) is 37.1 Å². The Hall–Kier alpha value is -2.35. The molecule has 3 heterocycles. The van der Waals surface area contributed by atoms with Gasteiger partial charge in [0, 0.05) is 37.7 Å². The zero-order valence-corrected chi connectivity index (χ0v) is 10.6. The van der Waals surface area contributed by atoms with E-state index in [2.05, 4.69) is 25.5 Å². The average Bonchev–Trinajstić information content (AvgIpc) is 3.02. The van der Waals surface area contributed by atoms with Crippen LogP contribution in [0.25, 0.3) is 0 Å². The second-order valence-corrected chi connectivity index (χ2v) is 4.74. The van der Waals surface area contributed by atoms with Crippen molar-refractivity contribution in [3.63, 3.8) is 0 Å². The summed E-state index contributed by atoms with van der Waals surface area (Å²) in [5.74, 6) is 0.961. The molecular formula is C14H15N5. The summed E-state index contributed by atoms with van der Waals surface area (Å²) in [4.78, 5) is 10.7. The summed E-state index contributed by atoms with van der Waals surface area (Å²) in [6, 6.07) is 6.38. The molecule has 0 N–H and O–H groups in total. The predicted molar refractivity (Wildman–Crippen MR) is 71.7 cm³/mol. The Labute approximate surface area is 112 Å². The number of nitriles is 1. The first-order valence-electron chi connectivity index (χ1n) is 6.45. The van der Waals surface area contributed by atoms with Crippen molar-refractivity contribution in [2.75, 3.05) is 18.0 Å². The van der Waals surface area contributed by atoms with Crippen molar-refractivity contribution in [3.8, 4) is 6.07 Å². The first kappa shape index (κ1) is 11.7. The van der Waals surface area contributed by atoms with Crippen molar-refractivity contribution in [3.05, 3.63) is 42.6 Å². The topological polar surface area (TPSA) is 57.7 Å². The van der Waals surface area contributed by atoms with Gasteiger partial charge < -0.3 is 9.47 Å². The van der Waals surface area contributed by atoms with Crippen LogP contribution in [0.4, 0.5) is 5.82 Å². The zero-order chi connectivity index (χ0) is 13.1. The molecule has 2 aromatic rings. The molecule has 0 aliphatic carbocycles. The lowest BCUT2D eigenvalue weighted by Gasteiger charge is -2.33. The maximum Gasteiger partial charge on any atom is 0.128 e. The van der Waals surface area contributed by atoms with Crippen molar-refractivity contribution in [2.45, 2.75) is 18.9 Å². The highest BCUT2D eigenvalue weighted by molar-refractivity contribution is 5.42. The van der Waals surface area contributed by atoms with E-state index in [0.717, 1.165) is 31.7 Å². The van der Waals surface area contributed by atoms with Crippen molar-refractivity contribution >= 4 is 5.82 Å². The molecule has 0 atom stereocenters. The quantitative estimate of drug-likeness (QED) is 0.821. The number of anilines is 1. The number of hydrogen-bond donors (Lipinski definition) is 0. The fourth-order valence-electron chi connectivity index (χ4n) is 2.52. The molecule has 5 nitrogen and oxygen atoms in total. The molecule has 1 aliphatic rings. The van der Waals surface area contributed by atoms with Gasteiger partial charge in [-0.25, -0.2) is 9.97 Å². The molecule has 1 saturated heterocycles. The lowest BCUT2D eigenvalue weighted by molar-refractivity contribution is 0.395. The molecular weight excluding hydrogens is 238 g/mol. The number of aromatic nitrogens is 3. The molecule has 1 aliphatic heterocycles. The third kappa shape index (κ3) is 2.43. The molecule has 1 fully saturated rings. The van der Waals surface area contributed by atoms with Gasteiger partial charge in [-0.3, -0.25) is 0 Å². The van der Waals surface area contributed by atoms with Crippen LogP contribution in [0.5, 0.6) is 0 Å². The number of piperidine rings is 1. The second kappa shape index (κ2) is 5.11. The van der Waals surface area contributed by atoms with Gasteiger partial charge in [0.1, 0.15) is 11.9 Å². The van der Waals surface area contributed by atoms with E-state index >= 15 is 0 Å². The van der Waals surface area contributed by atoms with E-state index in [1.54, 1.807) is 6.20 Å². The summed E-state index contributed by atoms with van der Waals surface area (Å²) in [5, 5.41) is 8.77. The normalized spacial score (nSPS) is 16.3. The number of imidazole rings is 1. The van der Waals surface area contributed by atoms with Gasteiger partial charge in [-0.15, -0.1) is 0 Å². The first-order chi connectivity index (χ1) is 9.36. The molecule has 3 rings (SSSR count). The van der Waals surface area contributed by atoms with E-state index < -0.39 is 0 Å². The third-order valence-corrected chi connectivity index (χ3v) is 3.61. The lowest BCUT2D eigenvalue weighted by Crippen LogP contribution is -2.34. The Balaban J connectivity index is 1.65. The molecule has 0 radical (unpaired) electrons. The summed E-state index contributed by atoms with van der Waals surface area (Å²) < 4.78 is 2.18. The van der Waals surface area contributed by atoms with Crippen LogP contribution in [-0.2, 0) is 0 Å². The maximum absolute atomic E-state index is 8.77. The minimum Gasteiger partial charge on any atom is -0.356 e. The fraction of sp³-hybridized carbons (Fsp3) is 0.357. The first-order valence-corrected chi connectivity index (χ1v) is 6.45. The average molecular weight is 253 g/mol. The van der Waals surface area contributed by atoms with Crippen molar-refractivity contribution in [1.29, 1.82) is 5.26 Å². The van der Waals surface area contributed by atoms with Crippen LogP contribution in [0.3, 0.4) is 0 Å². The van der Waals surface area contributed by atoms with Gasteiger partial charge in [-0.05, 0) is 25.0 Å². The molecule has 0 spiro atoms. The number of nitrogens with zero attached hydrogens (tertiary/aromatic N) is 5. The monoisotopic (exact) mass is 253 g/mol. The van der Waals surface area contributed by atoms with Gasteiger partial charge in [0.2, 0.25) is 0 Å². The third-order valence-electron chi connectivity index (χ3n) is 3.61. The summed E-state index contributed by atoms with van der Waals surface area (Å²) in [7, 11) is 0. The molecule has 0 bridgehead atoms. The second-order valence-electron chi connectivity index (χ2n) is 4.74. The van der Waals surface area contributed by atoms with E-state index in [1.165, 1.54) is 0 Å². The predicted octanol–water partition coefficient (Wildman–Crippen LogP) is 1.99. The van der Waals surface area contributed by atoms with Gasteiger partial charge in [0.25, 0.3) is 0 Å². The van der Waals surface area contributed by atoms with Crippen LogP contribution < -0.4 is 4.90 Å². The number of hydrogen-bond acceptors (Lipinski definition) is 4. The maximum atomic E-state index is 8.77. The van der Waals surface area contributed by atoms with E-state index in [1.807, 2.05) is 30.9 Å². The molecule has 0 aromatic carbocycles. The van der Waals surface area contributed by atoms with Crippen LogP contribution in [0.1, 0.15) is 24.4 Å². The molecule has 19 heavy (non-hydrogen) atoms. The van der Waals surface area contributed by atoms with Crippen molar-refractivity contribution < 1.29 is 0 Å². The Morgan fingerprint density at radius 2 is 2.11 bits per heavy atom. The summed E-state index contributed by atoms with van der Waals surface area (Å²) in [6.07, 6.45) is 9.57. The lowest BCUT2D eigenvalue weighted by atomic mass is 10.0. The standard InChI is InChI=1S/C14H15N5/c15-9-12-1-2-14(17-10-12)18-6-3-13(4-7-18)19-8-5-16-11-19/h1-2,5,8,10-11,13H,3-4,6-7H2. The Morgan fingerprint density at radius 3 is 2.68 bits per heavy atom. The Bertz CT molecular complexity index is 559. The number of pyridine rings is 1. The summed E-state index contributed by atoms with van der Waals surface area (Å²) >= 11 is 0. The highest BCUT2D eigenvalue weighted by atomic mass is 15.2. The van der Waals surface area contributed by atoms with Gasteiger partial charge in [-0.1, -0.05) is 0 Å². The van der Waals surface area contributed by atoms with Gasteiger partial charge >= 0.3 is 0 Å². The minimum atomic E-state index is 0.539. The zero-order valence-electron chi connectivity index (χ0n) is 10.6. The van der Waals surface area contributed by atoms with Gasteiger partial charge in [0.05, 0.1) is 11.9 Å². The van der Waals surface area contributed by atoms with Gasteiger partial charge in [-0.2, -0.15) is 5.26 Å². The van der Waals surface area contributed by atoms with E-state index in [4.69, 9.17) is 5.26 Å². The van der Waals surface area contributed by atoms with E-state index in [0.29, 0.717) is 11.6 Å². The molecule has 0 amide bonds. The van der Waals surface area contributed by atoms with Crippen LogP contribution in [0, 0.1) is 11.3 Å². The molecule has 0 unspecified atom stereocenters. The highest BCUT2D eigenvalue weighted by Gasteiger charge is 2.20.